The van der Waals surface area contributed by atoms with E-state index in [1.807, 2.05) is 39.0 Å². The van der Waals surface area contributed by atoms with Crippen LogP contribution in [0.1, 0.15) is 49.2 Å². The quantitative estimate of drug-likeness (QED) is 0.581. The van der Waals surface area contributed by atoms with Crippen molar-refractivity contribution in [3.05, 3.63) is 29.3 Å². The molecule has 2 aliphatic rings. The van der Waals surface area contributed by atoms with E-state index in [4.69, 9.17) is 9.47 Å². The molecule has 0 aromatic heterocycles. The minimum absolute atomic E-state index is 0.110. The Balaban J connectivity index is 2.01. The van der Waals surface area contributed by atoms with Gasteiger partial charge in [-0.1, -0.05) is 6.92 Å². The molecule has 0 saturated carbocycles. The van der Waals surface area contributed by atoms with E-state index in [1.54, 1.807) is 0 Å². The lowest BCUT2D eigenvalue weighted by atomic mass is 9.92. The molecule has 0 bridgehead atoms. The smallest absolute Gasteiger partial charge is 0.162 e. The molecule has 1 aromatic rings. The van der Waals surface area contributed by atoms with Gasteiger partial charge in [0.2, 0.25) is 0 Å². The summed E-state index contributed by atoms with van der Waals surface area (Å²) in [5.41, 5.74) is 1.51. The Bertz CT molecular complexity index is 490. The lowest BCUT2D eigenvalue weighted by Gasteiger charge is -2.29. The first-order valence-electron chi connectivity index (χ1n) is 6.04. The van der Waals surface area contributed by atoms with Gasteiger partial charge in [-0.3, -0.25) is 4.79 Å². The van der Waals surface area contributed by atoms with E-state index in [1.165, 1.54) is 0 Å². The number of carbonyl (C=O) groups is 1. The lowest BCUT2D eigenvalue weighted by Crippen LogP contribution is -2.37. The molecule has 2 atom stereocenters. The summed E-state index contributed by atoms with van der Waals surface area (Å²) in [6, 6.07) is 5.64. The predicted molar refractivity (Wildman–Crippen MR) is 63.4 cm³/mol. The average Bonchev–Trinajstić information content (AvgIpc) is 3.08. The summed E-state index contributed by atoms with van der Waals surface area (Å²) in [6.07, 6.45) is 0.764. The molecule has 90 valence electrons. The largest absolute Gasteiger partial charge is 0.485 e. The third kappa shape index (κ3) is 1.57. The predicted octanol–water partition coefficient (Wildman–Crippen LogP) is 2.89. The fourth-order valence-electron chi connectivity index (χ4n) is 2.46. The van der Waals surface area contributed by atoms with Gasteiger partial charge in [-0.05, 0) is 32.0 Å². The Morgan fingerprint density at radius 3 is 2.88 bits per heavy atom. The van der Waals surface area contributed by atoms with Crippen molar-refractivity contribution in [2.24, 2.45) is 0 Å². The van der Waals surface area contributed by atoms with Gasteiger partial charge >= 0.3 is 0 Å². The second kappa shape index (κ2) is 3.33. The summed E-state index contributed by atoms with van der Waals surface area (Å²) in [5, 5.41) is 0. The van der Waals surface area contributed by atoms with Crippen LogP contribution in [0.15, 0.2) is 18.2 Å². The number of fused-ring (bicyclic) bond motifs is 3. The Kier molecular flexibility index (Phi) is 2.11. The Hall–Kier alpha value is -1.35. The maximum absolute atomic E-state index is 11.7. The molecule has 0 unspecified atom stereocenters. The second-order valence-corrected chi connectivity index (χ2v) is 5.21. The van der Waals surface area contributed by atoms with Gasteiger partial charge in [-0.2, -0.15) is 0 Å². The summed E-state index contributed by atoms with van der Waals surface area (Å²) in [5.74, 6) is 1.01. The summed E-state index contributed by atoms with van der Waals surface area (Å²) < 4.78 is 11.6. The zero-order chi connectivity index (χ0) is 12.2. The minimum atomic E-state index is -0.270. The molecule has 0 spiro atoms. The average molecular weight is 232 g/mol. The molecule has 1 saturated heterocycles. The van der Waals surface area contributed by atoms with Crippen LogP contribution in [0, 0.1) is 0 Å². The van der Waals surface area contributed by atoms with E-state index < -0.39 is 0 Å². The molecular formula is C14H16O3. The molecule has 17 heavy (non-hydrogen) atoms. The van der Waals surface area contributed by atoms with Gasteiger partial charge in [0, 0.05) is 17.5 Å². The molecule has 3 rings (SSSR count). The number of hydrogen-bond donors (Lipinski definition) is 0. The summed E-state index contributed by atoms with van der Waals surface area (Å²) in [4.78, 5) is 11.7. The number of carbonyl (C=O) groups excluding carboxylic acids is 1. The highest BCUT2D eigenvalue weighted by atomic mass is 16.6. The maximum Gasteiger partial charge on any atom is 0.162 e. The number of hydrogen-bond acceptors (Lipinski definition) is 3. The van der Waals surface area contributed by atoms with Crippen molar-refractivity contribution in [2.45, 2.75) is 45.0 Å². The van der Waals surface area contributed by atoms with Crippen LogP contribution in [-0.2, 0) is 4.74 Å². The number of rotatable bonds is 2. The van der Waals surface area contributed by atoms with E-state index in [2.05, 4.69) is 0 Å². The number of ether oxygens (including phenoxy) is 2. The number of ketones is 1. The van der Waals surface area contributed by atoms with E-state index in [0.717, 1.165) is 16.9 Å². The molecule has 0 radical (unpaired) electrons. The third-order valence-corrected chi connectivity index (χ3v) is 3.51. The molecule has 1 aromatic carbocycles. The van der Waals surface area contributed by atoms with Crippen molar-refractivity contribution in [3.8, 4) is 5.75 Å². The maximum atomic E-state index is 11.7. The van der Waals surface area contributed by atoms with Crippen LogP contribution < -0.4 is 4.74 Å². The summed E-state index contributed by atoms with van der Waals surface area (Å²) in [7, 11) is 0. The molecule has 1 fully saturated rings. The fourth-order valence-corrected chi connectivity index (χ4v) is 2.46. The van der Waals surface area contributed by atoms with E-state index in [0.29, 0.717) is 6.42 Å². The van der Waals surface area contributed by atoms with Crippen molar-refractivity contribution in [2.75, 3.05) is 0 Å². The first-order valence-corrected chi connectivity index (χ1v) is 6.04. The van der Waals surface area contributed by atoms with E-state index in [-0.39, 0.29) is 23.6 Å². The zero-order valence-corrected chi connectivity index (χ0v) is 10.3. The zero-order valence-electron chi connectivity index (χ0n) is 10.3. The van der Waals surface area contributed by atoms with Crippen molar-refractivity contribution >= 4 is 5.78 Å². The van der Waals surface area contributed by atoms with Gasteiger partial charge in [0.25, 0.3) is 0 Å². The molecular weight excluding hydrogens is 216 g/mol. The summed E-state index contributed by atoms with van der Waals surface area (Å²) >= 11 is 0. The number of epoxide rings is 1. The van der Waals surface area contributed by atoms with Crippen LogP contribution in [0.3, 0.4) is 0 Å². The van der Waals surface area contributed by atoms with Gasteiger partial charge in [-0.25, -0.2) is 0 Å². The highest BCUT2D eigenvalue weighted by Gasteiger charge is 2.56. The first-order chi connectivity index (χ1) is 8.03. The molecule has 0 N–H and O–H groups in total. The third-order valence-electron chi connectivity index (χ3n) is 3.51. The monoisotopic (exact) mass is 232 g/mol. The standard InChI is InChI=1S/C14H16O3/c1-4-10(15)8-5-6-11-9(7-8)12-13(16-12)14(2,3)17-11/h5-7,12-13H,4H2,1-3H3/t12-,13-/m1/s1. The van der Waals surface area contributed by atoms with Gasteiger partial charge in [0.05, 0.1) is 0 Å². The van der Waals surface area contributed by atoms with Gasteiger partial charge in [0.15, 0.2) is 5.78 Å². The van der Waals surface area contributed by atoms with Crippen LogP contribution in [0.2, 0.25) is 0 Å². The normalized spacial score (nSPS) is 27.7. The molecule has 3 heteroatoms. The fraction of sp³-hybridized carbons (Fsp3) is 0.500. The van der Waals surface area contributed by atoms with Crippen molar-refractivity contribution in [1.29, 1.82) is 0 Å². The first kappa shape index (κ1) is 10.8. The second-order valence-electron chi connectivity index (χ2n) is 5.21. The van der Waals surface area contributed by atoms with Crippen LogP contribution in [-0.4, -0.2) is 17.5 Å². The summed E-state index contributed by atoms with van der Waals surface area (Å²) in [6.45, 7) is 5.94. The molecule has 2 aliphatic heterocycles. The molecule has 2 heterocycles. The van der Waals surface area contributed by atoms with E-state index >= 15 is 0 Å². The van der Waals surface area contributed by atoms with Gasteiger partial charge < -0.3 is 9.47 Å². The SMILES string of the molecule is CCC(=O)c1ccc2c(c1)[C@H]1O[C@H]1C(C)(C)O2. The van der Waals surface area contributed by atoms with Gasteiger partial charge in [0.1, 0.15) is 23.6 Å². The number of Topliss-reactive ketones (excluding diaryl/α,β-unsaturated/α-hetero) is 1. The van der Waals surface area contributed by atoms with Crippen molar-refractivity contribution < 1.29 is 14.3 Å². The highest BCUT2D eigenvalue weighted by Crippen LogP contribution is 2.53. The van der Waals surface area contributed by atoms with Gasteiger partial charge in [-0.15, -0.1) is 0 Å². The van der Waals surface area contributed by atoms with Crippen molar-refractivity contribution in [3.63, 3.8) is 0 Å². The van der Waals surface area contributed by atoms with E-state index in [9.17, 15) is 4.79 Å². The van der Waals surface area contributed by atoms with Crippen LogP contribution in [0.5, 0.6) is 5.75 Å². The van der Waals surface area contributed by atoms with Crippen LogP contribution in [0.4, 0.5) is 0 Å². The Labute approximate surface area is 101 Å². The molecule has 0 aliphatic carbocycles. The van der Waals surface area contributed by atoms with Crippen LogP contribution >= 0.6 is 0 Å². The Morgan fingerprint density at radius 2 is 2.18 bits per heavy atom. The highest BCUT2D eigenvalue weighted by molar-refractivity contribution is 5.96. The topological polar surface area (TPSA) is 38.8 Å². The number of benzene rings is 1. The Morgan fingerprint density at radius 1 is 1.41 bits per heavy atom. The molecule has 0 amide bonds. The van der Waals surface area contributed by atoms with Crippen molar-refractivity contribution in [1.82, 2.24) is 0 Å². The molecule has 3 nitrogen and oxygen atoms in total. The minimum Gasteiger partial charge on any atom is -0.485 e. The lowest BCUT2D eigenvalue weighted by molar-refractivity contribution is 0.0725. The van der Waals surface area contributed by atoms with Crippen LogP contribution in [0.25, 0.3) is 0 Å².